The fourth-order valence-electron chi connectivity index (χ4n) is 4.50. The first kappa shape index (κ1) is 29.2. The zero-order chi connectivity index (χ0) is 23.8. The molecule has 1 aromatic rings. The molecule has 0 N–H and O–H groups in total. The topological polar surface area (TPSA) is 44.8 Å². The molecule has 1 rings (SSSR count). The molecule has 0 spiro atoms. The van der Waals surface area contributed by atoms with E-state index in [0.29, 0.717) is 13.2 Å². The molecule has 0 atom stereocenters. The molecule has 182 valence electrons. The molecule has 0 radical (unpaired) electrons. The molecule has 0 saturated heterocycles. The number of unbranched alkanes of at least 4 members (excludes halogenated alkanes) is 3. The van der Waals surface area contributed by atoms with Crippen LogP contribution < -0.4 is 0 Å². The molecule has 0 bridgehead atoms. The van der Waals surface area contributed by atoms with Gasteiger partial charge in [-0.3, -0.25) is 0 Å². The Kier molecular flexibility index (Phi) is 15.2. The summed E-state index contributed by atoms with van der Waals surface area (Å²) in [6, 6.07) is 8.40. The number of hydrogen-bond acceptors (Lipinski definition) is 4. The molecule has 0 unspecified atom stereocenters. The van der Waals surface area contributed by atoms with Crippen molar-refractivity contribution in [2.24, 2.45) is 0 Å². The molecule has 0 heterocycles. The van der Waals surface area contributed by atoms with Crippen LogP contribution in [0.4, 0.5) is 0 Å². The van der Waals surface area contributed by atoms with E-state index in [1.807, 2.05) is 26.0 Å². The monoisotopic (exact) mass is 554 g/mol. The van der Waals surface area contributed by atoms with E-state index in [1.165, 1.54) is 62.5 Å². The van der Waals surface area contributed by atoms with Gasteiger partial charge in [-0.05, 0) is 0 Å². The number of hydrogen-bond donors (Lipinski definition) is 0. The van der Waals surface area contributed by atoms with Crippen LogP contribution in [-0.4, -0.2) is 44.7 Å². The minimum absolute atomic E-state index is 0.246. The van der Waals surface area contributed by atoms with E-state index in [9.17, 15) is 4.79 Å². The second-order valence-corrected chi connectivity index (χ2v) is 21.6. The van der Waals surface area contributed by atoms with Gasteiger partial charge in [-0.25, -0.2) is 0 Å². The number of rotatable bonds is 17. The fraction of sp³-hybridized carbons (Fsp3) is 0.667. The van der Waals surface area contributed by atoms with Crippen LogP contribution in [-0.2, 0) is 19.0 Å². The van der Waals surface area contributed by atoms with E-state index in [1.54, 1.807) is 0 Å². The Morgan fingerprint density at radius 1 is 0.875 bits per heavy atom. The summed E-state index contributed by atoms with van der Waals surface area (Å²) in [5, 5.41) is 0. The van der Waals surface area contributed by atoms with E-state index in [0.717, 1.165) is 11.1 Å². The number of carbonyl (C=O) groups is 1. The summed E-state index contributed by atoms with van der Waals surface area (Å²) in [4.78, 5) is 12.7. The molecule has 32 heavy (non-hydrogen) atoms. The zero-order valence-corrected chi connectivity index (χ0v) is 24.2. The van der Waals surface area contributed by atoms with Crippen LogP contribution >= 0.6 is 0 Å². The van der Waals surface area contributed by atoms with Crippen LogP contribution in [0.2, 0.25) is 13.3 Å². The first-order valence-corrected chi connectivity index (χ1v) is 20.1. The van der Waals surface area contributed by atoms with E-state index in [4.69, 9.17) is 14.2 Å². The molecule has 4 nitrogen and oxygen atoms in total. The third-order valence-corrected chi connectivity index (χ3v) is 21.9. The van der Waals surface area contributed by atoms with E-state index >= 15 is 0 Å². The standard InChI is InChI=1S/C15H19O4.3C4H9.Sn/c1-4-18-15(19-5-2)13-9-7-6-8-12(13)10-11-14(16)17-3;3*1-3-4-2;/h6-9,11,15H,4-5H2,1-3H3;3*1,3-4H2,2H3;. The summed E-state index contributed by atoms with van der Waals surface area (Å²) in [6.07, 6.45) is 8.65. The Hall–Kier alpha value is -0.851. The maximum atomic E-state index is 12.7. The van der Waals surface area contributed by atoms with Crippen molar-refractivity contribution in [3.05, 3.63) is 41.5 Å². The summed E-state index contributed by atoms with van der Waals surface area (Å²) in [5.74, 6) is -0.246. The third kappa shape index (κ3) is 8.83. The third-order valence-electron chi connectivity index (χ3n) is 6.20. The Bertz CT molecular complexity index is 658. The van der Waals surface area contributed by atoms with Crippen molar-refractivity contribution >= 4 is 27.9 Å². The van der Waals surface area contributed by atoms with Gasteiger partial charge in [-0.1, -0.05) is 0 Å². The van der Waals surface area contributed by atoms with Crippen molar-refractivity contribution in [3.8, 4) is 0 Å². The average Bonchev–Trinajstić information content (AvgIpc) is 2.82. The number of methoxy groups -OCH3 is 1. The maximum absolute atomic E-state index is 12.7. The van der Waals surface area contributed by atoms with Crippen LogP contribution in [0.5, 0.6) is 0 Å². The second kappa shape index (κ2) is 16.7. The summed E-state index contributed by atoms with van der Waals surface area (Å²) < 4.78 is 22.3. The van der Waals surface area contributed by atoms with Crippen LogP contribution in [0, 0.1) is 0 Å². The zero-order valence-electron chi connectivity index (χ0n) is 21.4. The van der Waals surface area contributed by atoms with Crippen molar-refractivity contribution in [1.82, 2.24) is 0 Å². The van der Waals surface area contributed by atoms with Gasteiger partial charge in [0.1, 0.15) is 0 Å². The molecular weight excluding hydrogens is 507 g/mol. The molecule has 0 aliphatic heterocycles. The summed E-state index contributed by atoms with van der Waals surface area (Å²) >= 11 is -2.96. The van der Waals surface area contributed by atoms with Gasteiger partial charge in [0.15, 0.2) is 0 Å². The molecule has 5 heteroatoms. The molecule has 0 aliphatic carbocycles. The van der Waals surface area contributed by atoms with E-state index < -0.39 is 24.7 Å². The Morgan fingerprint density at radius 2 is 1.38 bits per heavy atom. The van der Waals surface area contributed by atoms with Crippen LogP contribution in [0.1, 0.15) is 90.6 Å². The van der Waals surface area contributed by atoms with Gasteiger partial charge in [0.2, 0.25) is 0 Å². The Labute approximate surface area is 201 Å². The molecule has 0 aliphatic rings. The van der Waals surface area contributed by atoms with Crippen LogP contribution in [0.15, 0.2) is 30.3 Å². The summed E-state index contributed by atoms with van der Waals surface area (Å²) in [5.41, 5.74) is 2.18. The first-order valence-electron chi connectivity index (χ1n) is 12.7. The van der Waals surface area contributed by atoms with Gasteiger partial charge in [0.25, 0.3) is 0 Å². The van der Waals surface area contributed by atoms with Crippen molar-refractivity contribution < 1.29 is 19.0 Å². The first-order chi connectivity index (χ1) is 15.5. The Balaban J connectivity index is 3.76. The number of ether oxygens (including phenoxy) is 3. The van der Waals surface area contributed by atoms with Gasteiger partial charge in [-0.15, -0.1) is 0 Å². The molecule has 0 aromatic heterocycles. The quantitative estimate of drug-likeness (QED) is 0.0859. The average molecular weight is 553 g/mol. The second-order valence-electron chi connectivity index (χ2n) is 8.50. The van der Waals surface area contributed by atoms with Crippen molar-refractivity contribution in [1.29, 1.82) is 0 Å². The molecule has 0 amide bonds. The van der Waals surface area contributed by atoms with Crippen molar-refractivity contribution in [2.75, 3.05) is 20.3 Å². The number of carbonyl (C=O) groups excluding carboxylic acids is 1. The van der Waals surface area contributed by atoms with Crippen LogP contribution in [0.25, 0.3) is 3.59 Å². The molecule has 0 fully saturated rings. The van der Waals surface area contributed by atoms with Gasteiger partial charge in [-0.2, -0.15) is 0 Å². The molecule has 1 aromatic carbocycles. The summed E-state index contributed by atoms with van der Waals surface area (Å²) in [6.45, 7) is 12.0. The van der Waals surface area contributed by atoms with Gasteiger partial charge < -0.3 is 0 Å². The SMILES string of the molecule is CCC[CH2][Sn]([CH2]CCC)([CH2]CCC)/[C](=C/C(=O)OC)c1ccccc1C(OCC)OCC. The van der Waals surface area contributed by atoms with E-state index in [2.05, 4.69) is 39.0 Å². The predicted octanol–water partition coefficient (Wildman–Crippen LogP) is 7.70. The van der Waals surface area contributed by atoms with Gasteiger partial charge in [0, 0.05) is 0 Å². The molecular formula is C27H46O4Sn. The van der Waals surface area contributed by atoms with E-state index in [-0.39, 0.29) is 5.97 Å². The number of esters is 1. The van der Waals surface area contributed by atoms with Crippen molar-refractivity contribution in [2.45, 2.75) is 92.7 Å². The summed E-state index contributed by atoms with van der Waals surface area (Å²) in [7, 11) is 1.48. The van der Waals surface area contributed by atoms with Crippen molar-refractivity contribution in [3.63, 3.8) is 0 Å². The van der Waals surface area contributed by atoms with Gasteiger partial charge in [0.05, 0.1) is 0 Å². The fourth-order valence-corrected chi connectivity index (χ4v) is 21.3. The van der Waals surface area contributed by atoms with Gasteiger partial charge >= 0.3 is 201 Å². The molecule has 0 saturated carbocycles. The minimum atomic E-state index is -2.96. The normalized spacial score (nSPS) is 12.4. The predicted molar refractivity (Wildman–Crippen MR) is 137 cm³/mol. The number of benzene rings is 1. The van der Waals surface area contributed by atoms with Crippen LogP contribution in [0.3, 0.4) is 0 Å². The Morgan fingerprint density at radius 3 is 1.81 bits per heavy atom.